The van der Waals surface area contributed by atoms with Crippen molar-refractivity contribution >= 4 is 31.8 Å². The van der Waals surface area contributed by atoms with E-state index in [-0.39, 0.29) is 47.4 Å². The molecule has 0 radical (unpaired) electrons. The molecule has 6 rings (SSSR count). The van der Waals surface area contributed by atoms with Crippen molar-refractivity contribution in [2.75, 3.05) is 32.8 Å². The predicted molar refractivity (Wildman–Crippen MR) is 322 cm³/mol. The molecular formula is C66H90FN3O11Si. The van der Waals surface area contributed by atoms with Crippen LogP contribution in [0.1, 0.15) is 183 Å². The van der Waals surface area contributed by atoms with Crippen LogP contribution in [0.25, 0.3) is 0 Å². The number of halogens is 1. The fraction of sp³-hybridized carbons (Fsp3) is 0.530. The number of carbonyl (C=O) groups excluding carboxylic acids is 3. The molecule has 0 unspecified atom stereocenters. The van der Waals surface area contributed by atoms with Crippen molar-refractivity contribution in [3.63, 3.8) is 0 Å². The molecule has 1 saturated heterocycles. The van der Waals surface area contributed by atoms with Crippen molar-refractivity contribution in [3.05, 3.63) is 148 Å². The van der Waals surface area contributed by atoms with Gasteiger partial charge in [0.2, 0.25) is 0 Å². The van der Waals surface area contributed by atoms with Crippen molar-refractivity contribution in [1.29, 1.82) is 0 Å². The molecule has 0 saturated carbocycles. The van der Waals surface area contributed by atoms with Gasteiger partial charge in [0.25, 0.3) is 5.91 Å². The maximum absolute atomic E-state index is 15.4. The molecule has 1 aliphatic heterocycles. The molecule has 1 aliphatic rings. The minimum atomic E-state index is -2.78. The molecule has 82 heavy (non-hydrogen) atoms. The topological polar surface area (TPSA) is 163 Å². The van der Waals surface area contributed by atoms with Crippen LogP contribution in [-0.2, 0) is 33.8 Å². The van der Waals surface area contributed by atoms with Gasteiger partial charge in [-0.3, -0.25) is 14.2 Å². The fourth-order valence-corrected chi connectivity index (χ4v) is 11.4. The summed E-state index contributed by atoms with van der Waals surface area (Å²) in [6.07, 6.45) is 16.8. The second-order valence-corrected chi connectivity index (χ2v) is 27.9. The molecule has 4 aromatic carbocycles. The summed E-state index contributed by atoms with van der Waals surface area (Å²) in [5.41, 5.74) is 0.153. The van der Waals surface area contributed by atoms with E-state index in [1.54, 1.807) is 14.2 Å². The van der Waals surface area contributed by atoms with Crippen LogP contribution >= 0.6 is 0 Å². The minimum absolute atomic E-state index is 0.00771. The van der Waals surface area contributed by atoms with E-state index in [1.165, 1.54) is 119 Å². The molecule has 2 heterocycles. The fourth-order valence-electron chi connectivity index (χ4n) is 10.1. The highest BCUT2D eigenvalue weighted by Gasteiger charge is 2.54. The van der Waals surface area contributed by atoms with Gasteiger partial charge in [-0.25, -0.2) is 9.18 Å². The number of ketones is 1. The van der Waals surface area contributed by atoms with E-state index in [9.17, 15) is 19.2 Å². The summed E-state index contributed by atoms with van der Waals surface area (Å²) in [5.74, 6) is -0.963. The van der Waals surface area contributed by atoms with Crippen LogP contribution in [0.15, 0.2) is 114 Å². The van der Waals surface area contributed by atoms with Gasteiger partial charge in [-0.15, -0.1) is 0 Å². The molecular weight excluding hydrogens is 1060 g/mol. The van der Waals surface area contributed by atoms with Gasteiger partial charge in [0.1, 0.15) is 40.9 Å². The quantitative estimate of drug-likeness (QED) is 0.0177. The van der Waals surface area contributed by atoms with Crippen LogP contribution in [0.3, 0.4) is 0 Å². The Hall–Kier alpha value is -6.20. The number of nitrogens with one attached hydrogen (secondary N) is 1. The molecule has 446 valence electrons. The Morgan fingerprint density at radius 2 is 1.23 bits per heavy atom. The summed E-state index contributed by atoms with van der Waals surface area (Å²) < 4.78 is 61.1. The van der Waals surface area contributed by atoms with Gasteiger partial charge in [-0.2, -0.15) is 4.98 Å². The maximum Gasteiger partial charge on any atom is 0.351 e. The molecule has 1 N–H and O–H groups in total. The Balaban J connectivity index is 1.18. The third-order valence-corrected chi connectivity index (χ3v) is 20.4. The number of methoxy groups -OCH3 is 2. The molecule has 1 amide bonds. The largest absolute Gasteiger partial charge is 0.497 e. The van der Waals surface area contributed by atoms with Crippen molar-refractivity contribution in [1.82, 2.24) is 9.55 Å². The SMILES string of the molecule is CCCCCCCCCCCCCCCCCCOc1ccc(C(=O)Nc2ccn([C@@H]3O[C@H](COC(c4ccccc4)(c4ccc(OC)cc4)c4ccc(OC)cc4)[C@@H](OC(=O)CCC(C)=O)[C@H]3O[Si](C)(C)C(C)(C)C)c(=O)n2)cc1F. The van der Waals surface area contributed by atoms with Crippen molar-refractivity contribution in [2.24, 2.45) is 0 Å². The number of rotatable bonds is 35. The van der Waals surface area contributed by atoms with Gasteiger partial charge in [0.15, 0.2) is 32.2 Å². The van der Waals surface area contributed by atoms with Gasteiger partial charge in [-0.1, -0.05) is 179 Å². The van der Waals surface area contributed by atoms with Crippen LogP contribution in [0.2, 0.25) is 18.1 Å². The second kappa shape index (κ2) is 32.0. The van der Waals surface area contributed by atoms with Crippen LogP contribution in [0.4, 0.5) is 10.2 Å². The summed E-state index contributed by atoms with van der Waals surface area (Å²) in [6.45, 7) is 14.1. The Morgan fingerprint density at radius 1 is 0.695 bits per heavy atom. The zero-order valence-electron chi connectivity index (χ0n) is 50.1. The normalized spacial score (nSPS) is 16.4. The van der Waals surface area contributed by atoms with Gasteiger partial charge in [-0.05, 0) is 96.7 Å². The summed E-state index contributed by atoms with van der Waals surface area (Å²) in [7, 11) is 0.406. The summed E-state index contributed by atoms with van der Waals surface area (Å²) in [4.78, 5) is 58.1. The first-order valence-electron chi connectivity index (χ1n) is 29.7. The number of carbonyl (C=O) groups is 3. The minimum Gasteiger partial charge on any atom is -0.497 e. The predicted octanol–water partition coefficient (Wildman–Crippen LogP) is 14.9. The molecule has 0 spiro atoms. The first-order valence-corrected chi connectivity index (χ1v) is 32.6. The zero-order valence-corrected chi connectivity index (χ0v) is 51.1. The average molecular weight is 1150 g/mol. The Labute approximate surface area is 487 Å². The number of esters is 1. The highest BCUT2D eigenvalue weighted by Crippen LogP contribution is 2.46. The number of unbranched alkanes of at least 4 members (excludes halogenated alkanes) is 15. The molecule has 14 nitrogen and oxygen atoms in total. The number of hydrogen-bond acceptors (Lipinski definition) is 12. The first kappa shape index (κ1) is 65.0. The Kier molecular flexibility index (Phi) is 25.4. The number of anilines is 1. The Morgan fingerprint density at radius 3 is 1.73 bits per heavy atom. The molecule has 5 aromatic rings. The number of Topliss-reactive ketones (excluding diaryl/α,β-unsaturated/α-hetero) is 1. The molecule has 1 aromatic heterocycles. The Bertz CT molecular complexity index is 2770. The highest BCUT2D eigenvalue weighted by atomic mass is 28.4. The van der Waals surface area contributed by atoms with E-state index < -0.39 is 61.8 Å². The van der Waals surface area contributed by atoms with Crippen LogP contribution in [-0.4, -0.2) is 81.3 Å². The monoisotopic (exact) mass is 1150 g/mol. The highest BCUT2D eigenvalue weighted by molar-refractivity contribution is 6.74. The summed E-state index contributed by atoms with van der Waals surface area (Å²) in [5, 5.41) is 2.28. The number of amides is 1. The zero-order chi connectivity index (χ0) is 59.1. The lowest BCUT2D eigenvalue weighted by Gasteiger charge is -2.40. The smallest absolute Gasteiger partial charge is 0.351 e. The van der Waals surface area contributed by atoms with Crippen molar-refractivity contribution < 1.29 is 51.6 Å². The number of benzene rings is 4. The third-order valence-electron chi connectivity index (χ3n) is 15.9. The lowest BCUT2D eigenvalue weighted by atomic mass is 9.80. The summed E-state index contributed by atoms with van der Waals surface area (Å²) in [6, 6.07) is 30.2. The van der Waals surface area contributed by atoms with E-state index >= 15 is 4.39 Å². The van der Waals surface area contributed by atoms with E-state index in [0.717, 1.165) is 42.0 Å². The number of aromatic nitrogens is 2. The average Bonchev–Trinajstić information content (AvgIpc) is 2.70. The van der Waals surface area contributed by atoms with E-state index in [4.69, 9.17) is 32.8 Å². The van der Waals surface area contributed by atoms with Gasteiger partial charge in [0, 0.05) is 18.2 Å². The first-order chi connectivity index (χ1) is 39.4. The maximum atomic E-state index is 15.4. The molecule has 4 atom stereocenters. The van der Waals surface area contributed by atoms with Crippen LogP contribution in [0.5, 0.6) is 17.2 Å². The van der Waals surface area contributed by atoms with Crippen molar-refractivity contribution in [3.8, 4) is 17.2 Å². The van der Waals surface area contributed by atoms with Crippen LogP contribution in [0, 0.1) is 5.82 Å². The third kappa shape index (κ3) is 18.4. The lowest BCUT2D eigenvalue weighted by molar-refractivity contribution is -0.159. The van der Waals surface area contributed by atoms with E-state index in [0.29, 0.717) is 18.1 Å². The van der Waals surface area contributed by atoms with Crippen LogP contribution < -0.4 is 25.2 Å². The molecule has 0 aliphatic carbocycles. The van der Waals surface area contributed by atoms with Gasteiger partial charge < -0.3 is 43.0 Å². The number of nitrogens with zero attached hydrogens (tertiary/aromatic N) is 2. The van der Waals surface area contributed by atoms with Crippen molar-refractivity contribution in [2.45, 2.75) is 198 Å². The lowest BCUT2D eigenvalue weighted by Crippen LogP contribution is -2.51. The second-order valence-electron chi connectivity index (χ2n) is 23.1. The number of ether oxygens (including phenoxy) is 6. The molecule has 0 bridgehead atoms. The van der Waals surface area contributed by atoms with Gasteiger partial charge in [0.05, 0.1) is 33.9 Å². The standard InChI is InChI=1S/C66H90FN3O11Si/c1-10-11-12-13-14-15-16-17-18-19-20-21-22-23-24-28-45-77-56-41-32-49(46-55(56)67)62(73)68-58-43-44-70(64(74)69-58)63-61(81-82(8,9)65(3,4)5)60(80-59(72)42-31-48(2)71)57(79-63)47-78-66(50-29-26-25-27-30-50,51-33-37-53(75-6)38-34-51)52-35-39-54(76-7)40-36-52/h25-27,29-30,32-41,43-44,46,57,60-61,63H,10-24,28,31,42,45,47H2,1-9H3,(H,68,69,73,74)/t57-,60-,61-,63-/m1/s1. The van der Waals surface area contributed by atoms with Gasteiger partial charge >= 0.3 is 11.7 Å². The molecule has 16 heteroatoms. The number of hydrogen-bond donors (Lipinski definition) is 1. The molecule has 1 fully saturated rings. The summed E-state index contributed by atoms with van der Waals surface area (Å²) >= 11 is 0. The van der Waals surface area contributed by atoms with E-state index in [1.807, 2.05) is 92.0 Å². The van der Waals surface area contributed by atoms with E-state index in [2.05, 4.69) is 38.0 Å².